The van der Waals surface area contributed by atoms with Crippen LogP contribution < -0.4 is 10.5 Å². The van der Waals surface area contributed by atoms with Crippen LogP contribution in [-0.4, -0.2) is 27.1 Å². The second-order valence-electron chi connectivity index (χ2n) is 3.95. The van der Waals surface area contributed by atoms with Gasteiger partial charge in [-0.2, -0.15) is 5.10 Å². The van der Waals surface area contributed by atoms with E-state index < -0.39 is 0 Å². The van der Waals surface area contributed by atoms with E-state index >= 15 is 0 Å². The van der Waals surface area contributed by atoms with Gasteiger partial charge in [0.25, 0.3) is 0 Å². The van der Waals surface area contributed by atoms with Gasteiger partial charge in [0.2, 0.25) is 0 Å². The summed E-state index contributed by atoms with van der Waals surface area (Å²) in [6.07, 6.45) is 5.34. The first-order valence-corrected chi connectivity index (χ1v) is 7.27. The van der Waals surface area contributed by atoms with E-state index in [9.17, 15) is 0 Å². The van der Waals surface area contributed by atoms with Crippen molar-refractivity contribution < 1.29 is 9.94 Å². The van der Waals surface area contributed by atoms with Crippen molar-refractivity contribution >= 4 is 17.6 Å². The number of nitrogens with zero attached hydrogens (tertiary/aromatic N) is 3. The zero-order valence-electron chi connectivity index (χ0n) is 11.3. The van der Waals surface area contributed by atoms with Crippen molar-refractivity contribution in [3.63, 3.8) is 0 Å². The Bertz CT molecular complexity index is 625. The van der Waals surface area contributed by atoms with Crippen LogP contribution in [-0.2, 0) is 6.54 Å². The molecule has 1 heterocycles. The number of aromatic nitrogens is 2. The Balaban J connectivity index is 2.40. The second-order valence-corrected chi connectivity index (χ2v) is 4.80. The van der Waals surface area contributed by atoms with Crippen LogP contribution in [0.4, 0.5) is 0 Å². The number of aryl methyl sites for hydroxylation is 1. The van der Waals surface area contributed by atoms with Gasteiger partial charge in [0.05, 0.1) is 18.0 Å². The van der Waals surface area contributed by atoms with Crippen molar-refractivity contribution in [3.8, 4) is 11.5 Å². The van der Waals surface area contributed by atoms with Crippen LogP contribution in [0.3, 0.4) is 0 Å². The standard InChI is InChI=1S/C13H16N4O2S/c1-3-17-8-9(7-15-17)19-10-5-4-6-11(20-2)12(10)13(14)16-18/h4-8,18H,3H2,1-2H3,(H2,14,16). The molecule has 0 spiro atoms. The number of nitrogens with two attached hydrogens (primary N) is 1. The molecule has 1 aromatic heterocycles. The minimum absolute atomic E-state index is 0.0211. The molecule has 0 unspecified atom stereocenters. The molecule has 6 nitrogen and oxygen atoms in total. The Labute approximate surface area is 121 Å². The smallest absolute Gasteiger partial charge is 0.175 e. The fraction of sp³-hybridized carbons (Fsp3) is 0.231. The maximum absolute atomic E-state index is 8.92. The quantitative estimate of drug-likeness (QED) is 0.291. The molecule has 0 saturated heterocycles. The van der Waals surface area contributed by atoms with E-state index in [1.807, 2.05) is 25.3 Å². The van der Waals surface area contributed by atoms with Crippen molar-refractivity contribution in [1.29, 1.82) is 0 Å². The summed E-state index contributed by atoms with van der Waals surface area (Å²) in [5, 5.41) is 16.1. The predicted molar refractivity (Wildman–Crippen MR) is 78.7 cm³/mol. The van der Waals surface area contributed by atoms with Crippen LogP contribution in [0.15, 0.2) is 40.6 Å². The number of oxime groups is 1. The molecule has 0 amide bonds. The van der Waals surface area contributed by atoms with Gasteiger partial charge in [0.15, 0.2) is 11.6 Å². The van der Waals surface area contributed by atoms with Crippen molar-refractivity contribution in [2.24, 2.45) is 10.9 Å². The topological polar surface area (TPSA) is 85.7 Å². The first kappa shape index (κ1) is 14.3. The molecular weight excluding hydrogens is 276 g/mol. The number of benzene rings is 1. The number of hydrogen-bond acceptors (Lipinski definition) is 5. The molecule has 7 heteroatoms. The molecule has 0 radical (unpaired) electrons. The van der Waals surface area contributed by atoms with Gasteiger partial charge < -0.3 is 15.7 Å². The van der Waals surface area contributed by atoms with E-state index in [-0.39, 0.29) is 5.84 Å². The molecule has 1 aromatic carbocycles. The molecule has 2 rings (SSSR count). The van der Waals surface area contributed by atoms with E-state index in [2.05, 4.69) is 10.3 Å². The summed E-state index contributed by atoms with van der Waals surface area (Å²) in [5.41, 5.74) is 6.32. The number of ether oxygens (including phenoxy) is 1. The molecular formula is C13H16N4O2S. The van der Waals surface area contributed by atoms with E-state index in [0.717, 1.165) is 11.4 Å². The van der Waals surface area contributed by atoms with Crippen LogP contribution in [0.2, 0.25) is 0 Å². The molecule has 2 aromatic rings. The SMILES string of the molecule is CCn1cc(Oc2cccc(SC)c2/C(N)=N/O)cn1. The number of rotatable bonds is 5. The minimum atomic E-state index is 0.0211. The molecule has 0 saturated carbocycles. The average molecular weight is 292 g/mol. The van der Waals surface area contributed by atoms with Crippen molar-refractivity contribution in [3.05, 3.63) is 36.2 Å². The molecule has 0 fully saturated rings. The highest BCUT2D eigenvalue weighted by Crippen LogP contribution is 2.31. The lowest BCUT2D eigenvalue weighted by atomic mass is 10.2. The summed E-state index contributed by atoms with van der Waals surface area (Å²) >= 11 is 1.50. The van der Waals surface area contributed by atoms with Gasteiger partial charge in [-0.25, -0.2) is 0 Å². The Kier molecular flexibility index (Phi) is 4.52. The summed E-state index contributed by atoms with van der Waals surface area (Å²) in [6, 6.07) is 5.52. The molecule has 0 bridgehead atoms. The lowest BCUT2D eigenvalue weighted by Crippen LogP contribution is -2.15. The number of thioether (sulfide) groups is 1. The zero-order valence-corrected chi connectivity index (χ0v) is 12.1. The monoisotopic (exact) mass is 292 g/mol. The predicted octanol–water partition coefficient (Wildman–Crippen LogP) is 2.51. The highest BCUT2D eigenvalue weighted by atomic mass is 32.2. The fourth-order valence-corrected chi connectivity index (χ4v) is 2.39. The largest absolute Gasteiger partial charge is 0.453 e. The molecule has 3 N–H and O–H groups in total. The van der Waals surface area contributed by atoms with E-state index in [4.69, 9.17) is 15.7 Å². The van der Waals surface area contributed by atoms with Crippen molar-refractivity contribution in [2.75, 3.05) is 6.26 Å². The molecule has 20 heavy (non-hydrogen) atoms. The first-order chi connectivity index (χ1) is 9.69. The lowest BCUT2D eigenvalue weighted by Gasteiger charge is -2.12. The van der Waals surface area contributed by atoms with Crippen LogP contribution in [0.25, 0.3) is 0 Å². The highest BCUT2D eigenvalue weighted by Gasteiger charge is 2.14. The summed E-state index contributed by atoms with van der Waals surface area (Å²) in [5.74, 6) is 1.16. The summed E-state index contributed by atoms with van der Waals surface area (Å²) < 4.78 is 7.55. The molecule has 0 aliphatic rings. The van der Waals surface area contributed by atoms with Gasteiger partial charge in [0.1, 0.15) is 5.75 Å². The molecule has 0 aliphatic carbocycles. The fourth-order valence-electron chi connectivity index (χ4n) is 1.77. The van der Waals surface area contributed by atoms with Gasteiger partial charge in [-0.3, -0.25) is 4.68 Å². The maximum Gasteiger partial charge on any atom is 0.175 e. The molecule has 106 valence electrons. The van der Waals surface area contributed by atoms with Crippen LogP contribution in [0.5, 0.6) is 11.5 Å². The third-order valence-electron chi connectivity index (χ3n) is 2.73. The third kappa shape index (κ3) is 2.88. The Morgan fingerprint density at radius 2 is 2.35 bits per heavy atom. The summed E-state index contributed by atoms with van der Waals surface area (Å²) in [6.45, 7) is 2.76. The van der Waals surface area contributed by atoms with Gasteiger partial charge in [-0.05, 0) is 25.3 Å². The lowest BCUT2D eigenvalue weighted by molar-refractivity contribution is 0.318. The number of hydrogen-bond donors (Lipinski definition) is 2. The average Bonchev–Trinajstić information content (AvgIpc) is 2.93. The highest BCUT2D eigenvalue weighted by molar-refractivity contribution is 7.98. The van der Waals surface area contributed by atoms with Gasteiger partial charge in [-0.1, -0.05) is 11.2 Å². The second kappa shape index (κ2) is 6.33. The van der Waals surface area contributed by atoms with E-state index in [1.54, 1.807) is 23.1 Å². The van der Waals surface area contributed by atoms with Crippen LogP contribution in [0.1, 0.15) is 12.5 Å². The van der Waals surface area contributed by atoms with Crippen molar-refractivity contribution in [1.82, 2.24) is 9.78 Å². The van der Waals surface area contributed by atoms with E-state index in [1.165, 1.54) is 11.8 Å². The van der Waals surface area contributed by atoms with Crippen molar-refractivity contribution in [2.45, 2.75) is 18.4 Å². The van der Waals surface area contributed by atoms with Gasteiger partial charge >= 0.3 is 0 Å². The Hall–Kier alpha value is -2.15. The first-order valence-electron chi connectivity index (χ1n) is 6.04. The van der Waals surface area contributed by atoms with Crippen LogP contribution >= 0.6 is 11.8 Å². The molecule has 0 atom stereocenters. The van der Waals surface area contributed by atoms with Crippen LogP contribution in [0, 0.1) is 0 Å². The van der Waals surface area contributed by atoms with E-state index in [0.29, 0.717) is 17.1 Å². The Morgan fingerprint density at radius 1 is 1.55 bits per heavy atom. The Morgan fingerprint density at radius 3 is 2.95 bits per heavy atom. The minimum Gasteiger partial charge on any atom is -0.453 e. The molecule has 0 aliphatic heterocycles. The van der Waals surface area contributed by atoms with Gasteiger partial charge in [-0.15, -0.1) is 11.8 Å². The number of amidine groups is 1. The summed E-state index contributed by atoms with van der Waals surface area (Å²) in [4.78, 5) is 0.876. The zero-order chi connectivity index (χ0) is 14.5. The van der Waals surface area contributed by atoms with Gasteiger partial charge in [0, 0.05) is 11.4 Å². The third-order valence-corrected chi connectivity index (χ3v) is 3.51. The normalized spacial score (nSPS) is 11.6. The maximum atomic E-state index is 8.92. The summed E-state index contributed by atoms with van der Waals surface area (Å²) in [7, 11) is 0.